The molecule has 26 heavy (non-hydrogen) atoms. The van der Waals surface area contributed by atoms with Gasteiger partial charge in [0.2, 0.25) is 11.8 Å². The lowest BCUT2D eigenvalue weighted by molar-refractivity contribution is -0.123. The zero-order valence-corrected chi connectivity index (χ0v) is 16.1. The Morgan fingerprint density at radius 3 is 2.69 bits per heavy atom. The smallest absolute Gasteiger partial charge is 0.239 e. The number of benzene rings is 1. The number of para-hydroxylation sites is 1. The van der Waals surface area contributed by atoms with Gasteiger partial charge < -0.3 is 15.5 Å². The SMILES string of the molecule is CC[C@H](C)NC(=O)[C@H]1C[C@@H](C)N(CC(=O)NCC2CC2)c2ccccc21. The van der Waals surface area contributed by atoms with E-state index in [1.807, 2.05) is 31.2 Å². The summed E-state index contributed by atoms with van der Waals surface area (Å²) < 4.78 is 0. The highest BCUT2D eigenvalue weighted by atomic mass is 16.2. The van der Waals surface area contributed by atoms with Crippen LogP contribution in [0.25, 0.3) is 0 Å². The summed E-state index contributed by atoms with van der Waals surface area (Å²) in [6.07, 6.45) is 4.12. The zero-order valence-electron chi connectivity index (χ0n) is 16.1. The predicted octanol–water partition coefficient (Wildman–Crippen LogP) is 2.81. The standard InChI is InChI=1S/C21H31N3O2/c1-4-14(2)23-21(26)18-11-15(3)24(19-8-6-5-7-17(18)19)13-20(25)22-12-16-9-10-16/h5-8,14-16,18H,4,9-13H2,1-3H3,(H,22,25)(H,23,26)/t14-,15+,18-/m0/s1. The molecule has 1 aromatic carbocycles. The van der Waals surface area contributed by atoms with E-state index in [0.29, 0.717) is 12.5 Å². The molecule has 142 valence electrons. The third-order valence-corrected chi connectivity index (χ3v) is 5.65. The topological polar surface area (TPSA) is 61.4 Å². The van der Waals surface area contributed by atoms with Crippen molar-refractivity contribution in [3.8, 4) is 0 Å². The van der Waals surface area contributed by atoms with Crippen LogP contribution in [-0.4, -0.2) is 37.0 Å². The summed E-state index contributed by atoms with van der Waals surface area (Å²) in [5.74, 6) is 0.692. The molecule has 2 amide bonds. The molecule has 3 rings (SSSR count). The fraction of sp³-hybridized carbons (Fsp3) is 0.619. The van der Waals surface area contributed by atoms with Crippen molar-refractivity contribution >= 4 is 17.5 Å². The molecule has 0 aromatic heterocycles. The molecule has 2 aliphatic rings. The van der Waals surface area contributed by atoms with E-state index in [2.05, 4.69) is 29.4 Å². The minimum absolute atomic E-state index is 0.0704. The zero-order chi connectivity index (χ0) is 18.7. The van der Waals surface area contributed by atoms with Gasteiger partial charge >= 0.3 is 0 Å². The van der Waals surface area contributed by atoms with Crippen LogP contribution in [-0.2, 0) is 9.59 Å². The third-order valence-electron chi connectivity index (χ3n) is 5.65. The van der Waals surface area contributed by atoms with E-state index in [-0.39, 0.29) is 29.8 Å². The second kappa shape index (κ2) is 8.11. The molecule has 1 aromatic rings. The highest BCUT2D eigenvalue weighted by Gasteiger charge is 2.35. The van der Waals surface area contributed by atoms with Gasteiger partial charge in [-0.25, -0.2) is 0 Å². The van der Waals surface area contributed by atoms with Gasteiger partial charge in [0.15, 0.2) is 0 Å². The van der Waals surface area contributed by atoms with Crippen molar-refractivity contribution in [2.45, 2.75) is 64.5 Å². The summed E-state index contributed by atoms with van der Waals surface area (Å²) in [6.45, 7) is 7.36. The first-order valence-electron chi connectivity index (χ1n) is 9.92. The monoisotopic (exact) mass is 357 g/mol. The Labute approximate surface area is 156 Å². The quantitative estimate of drug-likeness (QED) is 0.789. The van der Waals surface area contributed by atoms with Gasteiger partial charge in [-0.2, -0.15) is 0 Å². The number of carbonyl (C=O) groups excluding carboxylic acids is 2. The van der Waals surface area contributed by atoms with Crippen molar-refractivity contribution in [2.75, 3.05) is 18.0 Å². The number of carbonyl (C=O) groups is 2. The molecule has 2 N–H and O–H groups in total. The van der Waals surface area contributed by atoms with Crippen LogP contribution < -0.4 is 15.5 Å². The molecule has 0 radical (unpaired) electrons. The maximum absolute atomic E-state index is 12.8. The first kappa shape index (κ1) is 18.7. The van der Waals surface area contributed by atoms with E-state index in [1.165, 1.54) is 12.8 Å². The molecule has 1 aliphatic heterocycles. The molecule has 1 fully saturated rings. The van der Waals surface area contributed by atoms with Crippen LogP contribution in [0.1, 0.15) is 57.9 Å². The summed E-state index contributed by atoms with van der Waals surface area (Å²) in [6, 6.07) is 8.33. The van der Waals surface area contributed by atoms with E-state index in [9.17, 15) is 9.59 Å². The number of nitrogens with one attached hydrogen (secondary N) is 2. The van der Waals surface area contributed by atoms with Crippen LogP contribution >= 0.6 is 0 Å². The Bertz CT molecular complexity index is 656. The van der Waals surface area contributed by atoms with Crippen molar-refractivity contribution in [1.29, 1.82) is 0 Å². The van der Waals surface area contributed by atoms with Crippen molar-refractivity contribution in [3.05, 3.63) is 29.8 Å². The van der Waals surface area contributed by atoms with Gasteiger partial charge in [-0.05, 0) is 57.1 Å². The van der Waals surface area contributed by atoms with Gasteiger partial charge in [-0.15, -0.1) is 0 Å². The number of hydrogen-bond acceptors (Lipinski definition) is 3. The van der Waals surface area contributed by atoms with E-state index >= 15 is 0 Å². The van der Waals surface area contributed by atoms with Gasteiger partial charge in [0.1, 0.15) is 0 Å². The molecule has 1 heterocycles. The molecule has 0 saturated heterocycles. The number of nitrogens with zero attached hydrogens (tertiary/aromatic N) is 1. The lowest BCUT2D eigenvalue weighted by Crippen LogP contribution is -2.48. The lowest BCUT2D eigenvalue weighted by atomic mass is 9.85. The molecule has 1 saturated carbocycles. The second-order valence-electron chi connectivity index (χ2n) is 7.89. The molecule has 0 unspecified atom stereocenters. The van der Waals surface area contributed by atoms with E-state index in [4.69, 9.17) is 0 Å². The Hall–Kier alpha value is -2.04. The normalized spacial score (nSPS) is 23.1. The largest absolute Gasteiger partial charge is 0.359 e. The van der Waals surface area contributed by atoms with Crippen LogP contribution in [0, 0.1) is 5.92 Å². The second-order valence-corrected chi connectivity index (χ2v) is 7.89. The van der Waals surface area contributed by atoms with Gasteiger partial charge in [0.05, 0.1) is 12.5 Å². The Balaban J connectivity index is 1.74. The van der Waals surface area contributed by atoms with Crippen LogP contribution in [0.5, 0.6) is 0 Å². The van der Waals surface area contributed by atoms with Crippen molar-refractivity contribution in [2.24, 2.45) is 5.92 Å². The Kier molecular flexibility index (Phi) is 5.84. The first-order valence-corrected chi connectivity index (χ1v) is 9.92. The van der Waals surface area contributed by atoms with E-state index in [1.54, 1.807) is 0 Å². The molecule has 0 bridgehead atoms. The van der Waals surface area contributed by atoms with Gasteiger partial charge in [-0.3, -0.25) is 9.59 Å². The van der Waals surface area contributed by atoms with Gasteiger partial charge in [0.25, 0.3) is 0 Å². The number of anilines is 1. The number of amides is 2. The van der Waals surface area contributed by atoms with Gasteiger partial charge in [-0.1, -0.05) is 25.1 Å². The van der Waals surface area contributed by atoms with E-state index in [0.717, 1.165) is 30.6 Å². The Morgan fingerprint density at radius 1 is 1.27 bits per heavy atom. The average molecular weight is 357 g/mol. The number of rotatable bonds is 7. The molecule has 0 spiro atoms. The molecule has 1 aliphatic carbocycles. The predicted molar refractivity (Wildman–Crippen MR) is 104 cm³/mol. The van der Waals surface area contributed by atoms with Gasteiger partial charge in [0, 0.05) is 24.3 Å². The summed E-state index contributed by atoms with van der Waals surface area (Å²) in [4.78, 5) is 27.3. The summed E-state index contributed by atoms with van der Waals surface area (Å²) in [7, 11) is 0. The highest BCUT2D eigenvalue weighted by Crippen LogP contribution is 2.38. The summed E-state index contributed by atoms with van der Waals surface area (Å²) in [5, 5.41) is 6.17. The Morgan fingerprint density at radius 2 is 2.00 bits per heavy atom. The molecular formula is C21H31N3O2. The van der Waals surface area contributed by atoms with Crippen molar-refractivity contribution in [1.82, 2.24) is 10.6 Å². The summed E-state index contributed by atoms with van der Waals surface area (Å²) >= 11 is 0. The van der Waals surface area contributed by atoms with Crippen molar-refractivity contribution in [3.63, 3.8) is 0 Å². The minimum atomic E-state index is -0.152. The van der Waals surface area contributed by atoms with Crippen molar-refractivity contribution < 1.29 is 9.59 Å². The highest BCUT2D eigenvalue weighted by molar-refractivity contribution is 5.88. The fourth-order valence-corrected chi connectivity index (χ4v) is 3.60. The first-order chi connectivity index (χ1) is 12.5. The lowest BCUT2D eigenvalue weighted by Gasteiger charge is -2.40. The maximum Gasteiger partial charge on any atom is 0.239 e. The van der Waals surface area contributed by atoms with Crippen LogP contribution in [0.3, 0.4) is 0 Å². The molecular weight excluding hydrogens is 326 g/mol. The van der Waals surface area contributed by atoms with Crippen LogP contribution in [0.15, 0.2) is 24.3 Å². The third kappa shape index (κ3) is 4.37. The van der Waals surface area contributed by atoms with Crippen LogP contribution in [0.4, 0.5) is 5.69 Å². The fourth-order valence-electron chi connectivity index (χ4n) is 3.60. The maximum atomic E-state index is 12.8. The number of hydrogen-bond donors (Lipinski definition) is 2. The number of fused-ring (bicyclic) bond motifs is 1. The van der Waals surface area contributed by atoms with E-state index < -0.39 is 0 Å². The average Bonchev–Trinajstić information content (AvgIpc) is 3.46. The summed E-state index contributed by atoms with van der Waals surface area (Å²) in [5.41, 5.74) is 2.04. The minimum Gasteiger partial charge on any atom is -0.359 e. The van der Waals surface area contributed by atoms with Crippen LogP contribution in [0.2, 0.25) is 0 Å². The molecule has 3 atom stereocenters. The molecule has 5 heteroatoms. The molecule has 5 nitrogen and oxygen atoms in total.